The van der Waals surface area contributed by atoms with Crippen LogP contribution in [0.15, 0.2) is 23.1 Å². The standard InChI is InChI=1S/C14H21N3O4S/c1-10-6-7-14(13(8-10)17(18)19)22(20,21)16-12-5-3-2-4-11(12)9-15/h6-8,11-12,16H,2-5,9,15H2,1H3/t11-,12+/m1/s1. The predicted molar refractivity (Wildman–Crippen MR) is 83.0 cm³/mol. The normalized spacial score (nSPS) is 22.5. The molecule has 1 aromatic carbocycles. The molecule has 0 heterocycles. The van der Waals surface area contributed by atoms with Crippen molar-refractivity contribution in [3.63, 3.8) is 0 Å². The first-order valence-electron chi connectivity index (χ1n) is 7.32. The quantitative estimate of drug-likeness (QED) is 0.631. The fraction of sp³-hybridized carbons (Fsp3) is 0.571. The number of hydrogen-bond acceptors (Lipinski definition) is 5. The minimum atomic E-state index is -3.94. The zero-order chi connectivity index (χ0) is 16.3. The molecule has 122 valence electrons. The van der Waals surface area contributed by atoms with Gasteiger partial charge < -0.3 is 5.73 Å². The van der Waals surface area contributed by atoms with Crippen LogP contribution in [0.2, 0.25) is 0 Å². The molecule has 1 saturated carbocycles. The van der Waals surface area contributed by atoms with Gasteiger partial charge in [0.25, 0.3) is 5.69 Å². The van der Waals surface area contributed by atoms with E-state index >= 15 is 0 Å². The molecule has 1 aliphatic rings. The number of nitrogens with zero attached hydrogens (tertiary/aromatic N) is 1. The van der Waals surface area contributed by atoms with Crippen molar-refractivity contribution in [2.75, 3.05) is 6.54 Å². The molecule has 1 aliphatic carbocycles. The van der Waals surface area contributed by atoms with Crippen molar-refractivity contribution in [1.29, 1.82) is 0 Å². The summed E-state index contributed by atoms with van der Waals surface area (Å²) in [6.45, 7) is 2.09. The minimum Gasteiger partial charge on any atom is -0.330 e. The molecule has 0 radical (unpaired) electrons. The lowest BCUT2D eigenvalue weighted by Crippen LogP contribution is -2.44. The predicted octanol–water partition coefficient (Wildman–Crippen LogP) is 1.70. The van der Waals surface area contributed by atoms with Crippen LogP contribution in [0.25, 0.3) is 0 Å². The third-order valence-electron chi connectivity index (χ3n) is 4.12. The van der Waals surface area contributed by atoms with Gasteiger partial charge in [-0.15, -0.1) is 0 Å². The average molecular weight is 327 g/mol. The molecule has 0 bridgehead atoms. The van der Waals surface area contributed by atoms with Crippen LogP contribution < -0.4 is 10.5 Å². The van der Waals surface area contributed by atoms with Crippen LogP contribution in [-0.2, 0) is 10.0 Å². The maximum Gasteiger partial charge on any atom is 0.289 e. The number of nitrogens with one attached hydrogen (secondary N) is 1. The first kappa shape index (κ1) is 16.9. The molecule has 2 atom stereocenters. The van der Waals surface area contributed by atoms with Crippen LogP contribution >= 0.6 is 0 Å². The van der Waals surface area contributed by atoms with Gasteiger partial charge in [0.1, 0.15) is 0 Å². The number of sulfonamides is 1. The van der Waals surface area contributed by atoms with E-state index in [1.807, 2.05) is 0 Å². The highest BCUT2D eigenvalue weighted by Crippen LogP contribution is 2.28. The molecule has 1 aromatic rings. The summed E-state index contributed by atoms with van der Waals surface area (Å²) in [6, 6.07) is 3.86. The Kier molecular flexibility index (Phi) is 5.15. The third-order valence-corrected chi connectivity index (χ3v) is 5.66. The molecule has 7 nitrogen and oxygen atoms in total. The van der Waals surface area contributed by atoms with E-state index in [1.54, 1.807) is 13.0 Å². The summed E-state index contributed by atoms with van der Waals surface area (Å²) in [4.78, 5) is 10.2. The Bertz CT molecular complexity index is 660. The van der Waals surface area contributed by atoms with Crippen molar-refractivity contribution in [2.24, 2.45) is 11.7 Å². The molecule has 0 amide bonds. The molecule has 3 N–H and O–H groups in total. The molecule has 0 unspecified atom stereocenters. The Balaban J connectivity index is 2.32. The van der Waals surface area contributed by atoms with Crippen molar-refractivity contribution >= 4 is 15.7 Å². The van der Waals surface area contributed by atoms with Gasteiger partial charge in [-0.25, -0.2) is 13.1 Å². The van der Waals surface area contributed by atoms with Gasteiger partial charge in [0.05, 0.1) is 4.92 Å². The van der Waals surface area contributed by atoms with E-state index in [0.717, 1.165) is 19.3 Å². The van der Waals surface area contributed by atoms with Crippen LogP contribution in [0.3, 0.4) is 0 Å². The Morgan fingerprint density at radius 2 is 2.05 bits per heavy atom. The van der Waals surface area contributed by atoms with Crippen LogP contribution in [0.1, 0.15) is 31.2 Å². The number of nitrogens with two attached hydrogens (primary N) is 1. The zero-order valence-corrected chi connectivity index (χ0v) is 13.3. The van der Waals surface area contributed by atoms with Gasteiger partial charge in [0.2, 0.25) is 10.0 Å². The van der Waals surface area contributed by atoms with Gasteiger partial charge in [0, 0.05) is 12.1 Å². The van der Waals surface area contributed by atoms with Crippen molar-refractivity contribution < 1.29 is 13.3 Å². The zero-order valence-electron chi connectivity index (χ0n) is 12.5. The van der Waals surface area contributed by atoms with Crippen molar-refractivity contribution in [2.45, 2.75) is 43.5 Å². The fourth-order valence-electron chi connectivity index (χ4n) is 2.91. The smallest absolute Gasteiger partial charge is 0.289 e. The van der Waals surface area contributed by atoms with E-state index in [4.69, 9.17) is 5.73 Å². The number of nitro groups is 1. The van der Waals surface area contributed by atoms with E-state index < -0.39 is 20.6 Å². The summed E-state index contributed by atoms with van der Waals surface area (Å²) in [5.41, 5.74) is 5.95. The first-order valence-corrected chi connectivity index (χ1v) is 8.81. The van der Waals surface area contributed by atoms with Crippen LogP contribution in [-0.4, -0.2) is 25.9 Å². The Hall–Kier alpha value is -1.51. The number of aryl methyl sites for hydroxylation is 1. The van der Waals surface area contributed by atoms with Crippen molar-refractivity contribution in [1.82, 2.24) is 4.72 Å². The number of rotatable bonds is 5. The van der Waals surface area contributed by atoms with E-state index in [2.05, 4.69) is 4.72 Å². The van der Waals surface area contributed by atoms with E-state index in [1.165, 1.54) is 12.1 Å². The lowest BCUT2D eigenvalue weighted by atomic mass is 9.85. The molecule has 1 fully saturated rings. The molecular weight excluding hydrogens is 306 g/mol. The second-order valence-corrected chi connectivity index (χ2v) is 7.42. The van der Waals surface area contributed by atoms with Crippen LogP contribution in [0, 0.1) is 23.0 Å². The van der Waals surface area contributed by atoms with Gasteiger partial charge in [-0.1, -0.05) is 18.9 Å². The average Bonchev–Trinajstić information content (AvgIpc) is 2.47. The largest absolute Gasteiger partial charge is 0.330 e. The van der Waals surface area contributed by atoms with Crippen molar-refractivity contribution in [3.8, 4) is 0 Å². The lowest BCUT2D eigenvalue weighted by molar-refractivity contribution is -0.387. The fourth-order valence-corrected chi connectivity index (χ4v) is 4.40. The first-order chi connectivity index (χ1) is 10.3. The van der Waals surface area contributed by atoms with E-state index in [0.29, 0.717) is 18.5 Å². The van der Waals surface area contributed by atoms with Gasteiger partial charge >= 0.3 is 0 Å². The molecule has 0 aromatic heterocycles. The Morgan fingerprint density at radius 1 is 1.36 bits per heavy atom. The van der Waals surface area contributed by atoms with Gasteiger partial charge in [0.15, 0.2) is 4.90 Å². The highest BCUT2D eigenvalue weighted by Gasteiger charge is 2.32. The monoisotopic (exact) mass is 327 g/mol. The SMILES string of the molecule is Cc1ccc(S(=O)(=O)N[C@H]2CCCC[C@@H]2CN)c([N+](=O)[O-])c1. The molecule has 22 heavy (non-hydrogen) atoms. The summed E-state index contributed by atoms with van der Waals surface area (Å²) >= 11 is 0. The number of nitro benzene ring substituents is 1. The van der Waals surface area contributed by atoms with E-state index in [-0.39, 0.29) is 16.9 Å². The maximum absolute atomic E-state index is 12.5. The third kappa shape index (κ3) is 3.63. The molecular formula is C14H21N3O4S. The van der Waals surface area contributed by atoms with Crippen molar-refractivity contribution in [3.05, 3.63) is 33.9 Å². The molecule has 2 rings (SSSR count). The summed E-state index contributed by atoms with van der Waals surface area (Å²) in [7, 11) is -3.94. The van der Waals surface area contributed by atoms with Gasteiger partial charge in [-0.3, -0.25) is 10.1 Å². The lowest BCUT2D eigenvalue weighted by Gasteiger charge is -2.30. The van der Waals surface area contributed by atoms with Gasteiger partial charge in [-0.05, 0) is 43.9 Å². The number of benzene rings is 1. The number of hydrogen-bond donors (Lipinski definition) is 2. The van der Waals surface area contributed by atoms with E-state index in [9.17, 15) is 18.5 Å². The summed E-state index contributed by atoms with van der Waals surface area (Å²) in [5, 5.41) is 11.1. The molecule has 0 saturated heterocycles. The summed E-state index contributed by atoms with van der Waals surface area (Å²) in [6.07, 6.45) is 3.55. The minimum absolute atomic E-state index is 0.0769. The summed E-state index contributed by atoms with van der Waals surface area (Å²) < 4.78 is 27.7. The maximum atomic E-state index is 12.5. The second kappa shape index (κ2) is 6.72. The topological polar surface area (TPSA) is 115 Å². The molecule has 8 heteroatoms. The Morgan fingerprint density at radius 3 is 2.68 bits per heavy atom. The highest BCUT2D eigenvalue weighted by atomic mass is 32.2. The highest BCUT2D eigenvalue weighted by molar-refractivity contribution is 7.89. The molecule has 0 spiro atoms. The molecule has 0 aliphatic heterocycles. The summed E-state index contributed by atoms with van der Waals surface area (Å²) in [5.74, 6) is 0.0769. The Labute approximate surface area is 130 Å². The second-order valence-electron chi connectivity index (χ2n) is 5.74. The van der Waals surface area contributed by atoms with Crippen LogP contribution in [0.4, 0.5) is 5.69 Å². The van der Waals surface area contributed by atoms with Gasteiger partial charge in [-0.2, -0.15) is 0 Å². The van der Waals surface area contributed by atoms with Crippen LogP contribution in [0.5, 0.6) is 0 Å².